The van der Waals surface area contributed by atoms with E-state index in [9.17, 15) is 27.2 Å². The van der Waals surface area contributed by atoms with Gasteiger partial charge in [0.15, 0.2) is 0 Å². The summed E-state index contributed by atoms with van der Waals surface area (Å²) < 4.78 is 78.5. The number of carbonyl (C=O) groups excluding carboxylic acids is 1. The zero-order chi connectivity index (χ0) is 38.3. The number of thioether (sulfide) groups is 1. The van der Waals surface area contributed by atoms with Crippen molar-refractivity contribution in [1.29, 1.82) is 0 Å². The molecular weight excluding hydrogens is 766 g/mol. The molecule has 3 atom stereocenters. The molecule has 19 heteroatoms. The number of alkyl halides is 3. The zero-order valence-electron chi connectivity index (χ0n) is 29.3. The average molecular weight is 802 g/mol. The highest BCUT2D eigenvalue weighted by Gasteiger charge is 2.41. The number of anilines is 1. The van der Waals surface area contributed by atoms with Crippen LogP contribution in [0.3, 0.4) is 0 Å². The average Bonchev–Trinajstić information content (AvgIpc) is 3.49. The van der Waals surface area contributed by atoms with Gasteiger partial charge in [-0.1, -0.05) is 23.2 Å². The number of fused-ring (bicyclic) bond motifs is 1. The SMILES string of the molecule is C[C@@H]1CN(c2nc(=O)n3c4c(c(-c5cc(Cl)c(F)cc5F)c(Cl)cc24)SC[C@@H]3CN2CCn3c(nnc3C(F)(F)F)C2)[C@@H](C)CN1C(=O)OC(C)(C)C. The Labute approximate surface area is 315 Å². The smallest absolute Gasteiger partial charge is 0.444 e. The number of piperazine rings is 1. The molecule has 53 heavy (non-hydrogen) atoms. The summed E-state index contributed by atoms with van der Waals surface area (Å²) in [4.78, 5) is 37.9. The predicted molar refractivity (Wildman–Crippen MR) is 191 cm³/mol. The Morgan fingerprint density at radius 1 is 1.00 bits per heavy atom. The van der Waals surface area contributed by atoms with Gasteiger partial charge in [-0.3, -0.25) is 9.47 Å². The van der Waals surface area contributed by atoms with Gasteiger partial charge in [-0.25, -0.2) is 18.4 Å². The van der Waals surface area contributed by atoms with E-state index in [1.807, 2.05) is 23.6 Å². The van der Waals surface area contributed by atoms with Crippen molar-refractivity contribution in [3.63, 3.8) is 0 Å². The summed E-state index contributed by atoms with van der Waals surface area (Å²) in [7, 11) is 0. The highest BCUT2D eigenvalue weighted by molar-refractivity contribution is 7.99. The molecule has 5 heterocycles. The van der Waals surface area contributed by atoms with Gasteiger partial charge in [0.1, 0.15) is 28.9 Å². The Kier molecular flexibility index (Phi) is 9.63. The molecule has 2 aromatic heterocycles. The Morgan fingerprint density at radius 3 is 2.43 bits per heavy atom. The van der Waals surface area contributed by atoms with Gasteiger partial charge in [0.25, 0.3) is 0 Å². The molecule has 0 bridgehead atoms. The van der Waals surface area contributed by atoms with Gasteiger partial charge in [0.2, 0.25) is 5.82 Å². The van der Waals surface area contributed by atoms with Crippen molar-refractivity contribution < 1.29 is 31.5 Å². The standard InChI is InChI=1S/C34H35Cl2F5N8O3S/c1-16-12-48(32(51)52-33(3,4)5)17(2)11-47(16)29-20-9-22(36)26(19-8-21(35)24(38)10-23(19)37)28-27(20)49(31(50)42-29)18(15-53-28)13-45-6-7-46-25(14-45)43-44-30(46)34(39,40)41/h8-10,16-18H,6-7,11-15H2,1-5H3/t16-,17+,18-/m0/s1. The van der Waals surface area contributed by atoms with Crippen LogP contribution in [0, 0.1) is 11.6 Å². The third-order valence-corrected chi connectivity index (χ3v) is 11.4. The summed E-state index contributed by atoms with van der Waals surface area (Å²) in [6, 6.07) is 2.27. The first-order valence-corrected chi connectivity index (χ1v) is 18.6. The van der Waals surface area contributed by atoms with Crippen molar-refractivity contribution >= 4 is 57.8 Å². The fraction of sp³-hybridized carbons (Fsp3) is 0.500. The van der Waals surface area contributed by atoms with Crippen molar-refractivity contribution in [3.05, 3.63) is 62.0 Å². The van der Waals surface area contributed by atoms with Gasteiger partial charge in [-0.15, -0.1) is 22.0 Å². The van der Waals surface area contributed by atoms with Crippen LogP contribution in [0.25, 0.3) is 22.0 Å². The predicted octanol–water partition coefficient (Wildman–Crippen LogP) is 7.26. The molecule has 3 aliphatic heterocycles. The van der Waals surface area contributed by atoms with Crippen LogP contribution in [0.5, 0.6) is 0 Å². The van der Waals surface area contributed by atoms with E-state index in [-0.39, 0.29) is 71.8 Å². The van der Waals surface area contributed by atoms with Gasteiger partial charge in [-0.05, 0) is 46.8 Å². The highest BCUT2D eigenvalue weighted by atomic mass is 35.5. The van der Waals surface area contributed by atoms with Crippen LogP contribution < -0.4 is 10.6 Å². The minimum absolute atomic E-state index is 0.00479. The van der Waals surface area contributed by atoms with Crippen molar-refractivity contribution in [2.45, 2.75) is 82.5 Å². The molecule has 0 unspecified atom stereocenters. The first-order valence-electron chi connectivity index (χ1n) is 16.9. The Morgan fingerprint density at radius 2 is 1.74 bits per heavy atom. The van der Waals surface area contributed by atoms with E-state index >= 15 is 4.39 Å². The second-order valence-electron chi connectivity index (χ2n) is 14.6. The van der Waals surface area contributed by atoms with Gasteiger partial charge < -0.3 is 19.1 Å². The maximum atomic E-state index is 15.5. The minimum Gasteiger partial charge on any atom is -0.444 e. The molecule has 1 fully saturated rings. The molecule has 1 amide bonds. The lowest BCUT2D eigenvalue weighted by molar-refractivity contribution is -0.148. The Balaban J connectivity index is 1.32. The third kappa shape index (κ3) is 6.93. The molecule has 3 aliphatic rings. The van der Waals surface area contributed by atoms with Crippen LogP contribution in [-0.2, 0) is 24.0 Å². The topological polar surface area (TPSA) is 102 Å². The summed E-state index contributed by atoms with van der Waals surface area (Å²) >= 11 is 14.4. The molecule has 0 saturated carbocycles. The maximum Gasteiger partial charge on any atom is 0.451 e. The number of nitrogens with zero attached hydrogens (tertiary/aromatic N) is 8. The molecule has 0 N–H and O–H groups in total. The summed E-state index contributed by atoms with van der Waals surface area (Å²) in [6.07, 6.45) is -5.10. The van der Waals surface area contributed by atoms with Crippen LogP contribution in [0.1, 0.15) is 52.3 Å². The van der Waals surface area contributed by atoms with Gasteiger partial charge in [0.05, 0.1) is 28.1 Å². The lowest BCUT2D eigenvalue weighted by atomic mass is 10.0. The molecule has 4 aromatic rings. The second-order valence-corrected chi connectivity index (χ2v) is 16.4. The fourth-order valence-corrected chi connectivity index (χ4v) is 9.09. The molecule has 0 aliphatic carbocycles. The fourth-order valence-electron chi connectivity index (χ4n) is 7.25. The van der Waals surface area contributed by atoms with E-state index in [1.165, 1.54) is 16.3 Å². The van der Waals surface area contributed by atoms with E-state index in [0.717, 1.165) is 10.6 Å². The molecule has 0 radical (unpaired) electrons. The molecule has 284 valence electrons. The van der Waals surface area contributed by atoms with Crippen molar-refractivity contribution in [1.82, 2.24) is 34.1 Å². The summed E-state index contributed by atoms with van der Waals surface area (Å²) in [6.45, 7) is 10.3. The number of benzene rings is 2. The molecule has 0 spiro atoms. The van der Waals surface area contributed by atoms with E-state index in [2.05, 4.69) is 15.2 Å². The van der Waals surface area contributed by atoms with E-state index < -0.39 is 47.1 Å². The van der Waals surface area contributed by atoms with E-state index in [0.29, 0.717) is 40.0 Å². The number of ether oxygens (including phenoxy) is 1. The van der Waals surface area contributed by atoms with Crippen LogP contribution in [0.2, 0.25) is 10.0 Å². The number of carbonyl (C=O) groups is 1. The number of halogens is 7. The molecular formula is C34H35Cl2F5N8O3S. The largest absolute Gasteiger partial charge is 0.451 e. The van der Waals surface area contributed by atoms with E-state index in [4.69, 9.17) is 27.9 Å². The number of aromatic nitrogens is 5. The first kappa shape index (κ1) is 37.6. The van der Waals surface area contributed by atoms with Crippen LogP contribution >= 0.6 is 35.0 Å². The lowest BCUT2D eigenvalue weighted by Gasteiger charge is -2.45. The third-order valence-electron chi connectivity index (χ3n) is 9.60. The van der Waals surface area contributed by atoms with Gasteiger partial charge in [0, 0.05) is 78.0 Å². The highest BCUT2D eigenvalue weighted by Crippen LogP contribution is 2.49. The number of amides is 1. The molecule has 11 nitrogen and oxygen atoms in total. The minimum atomic E-state index is -4.64. The monoisotopic (exact) mass is 800 g/mol. The second kappa shape index (κ2) is 13.6. The van der Waals surface area contributed by atoms with Crippen molar-refractivity contribution in [3.8, 4) is 11.1 Å². The Hall–Kier alpha value is -3.67. The number of hydrogen-bond donors (Lipinski definition) is 0. The van der Waals surface area contributed by atoms with Crippen molar-refractivity contribution in [2.75, 3.05) is 36.8 Å². The normalized spacial score (nSPS) is 20.9. The van der Waals surface area contributed by atoms with Gasteiger partial charge >= 0.3 is 18.0 Å². The molecule has 1 saturated heterocycles. The summed E-state index contributed by atoms with van der Waals surface area (Å²) in [5, 5.41) is 7.46. The van der Waals surface area contributed by atoms with Crippen LogP contribution in [0.15, 0.2) is 27.9 Å². The zero-order valence-corrected chi connectivity index (χ0v) is 31.6. The summed E-state index contributed by atoms with van der Waals surface area (Å²) in [5.41, 5.74) is -0.689. The van der Waals surface area contributed by atoms with Crippen LogP contribution in [0.4, 0.5) is 32.6 Å². The number of hydrogen-bond acceptors (Lipinski definition) is 9. The Bertz CT molecular complexity index is 2190. The van der Waals surface area contributed by atoms with E-state index in [1.54, 1.807) is 31.7 Å². The number of rotatable bonds is 4. The molecule has 2 aromatic carbocycles. The van der Waals surface area contributed by atoms with Crippen molar-refractivity contribution in [2.24, 2.45) is 0 Å². The lowest BCUT2D eigenvalue weighted by Crippen LogP contribution is -2.59. The molecule has 7 rings (SSSR count). The quantitative estimate of drug-likeness (QED) is 0.156. The maximum absolute atomic E-state index is 15.5. The summed E-state index contributed by atoms with van der Waals surface area (Å²) in [5.74, 6) is -2.12. The first-order chi connectivity index (χ1) is 24.8. The van der Waals surface area contributed by atoms with Crippen LogP contribution in [-0.4, -0.2) is 89.8 Å². The van der Waals surface area contributed by atoms with Gasteiger partial charge in [-0.2, -0.15) is 18.2 Å².